The van der Waals surface area contributed by atoms with Gasteiger partial charge in [-0.2, -0.15) is 0 Å². The Labute approximate surface area is 333 Å². The first-order valence-corrected chi connectivity index (χ1v) is 19.5. The minimum atomic E-state index is 0.647. The van der Waals surface area contributed by atoms with Crippen LogP contribution in [0.2, 0.25) is 0 Å². The molecule has 10 rings (SSSR count). The Morgan fingerprint density at radius 1 is 0.263 bits per heavy atom. The summed E-state index contributed by atoms with van der Waals surface area (Å²) in [6.45, 7) is 6.52. The second kappa shape index (κ2) is 14.1. The molecule has 0 spiro atoms. The molecule has 0 aliphatic rings. The fourth-order valence-electron chi connectivity index (χ4n) is 8.46. The third kappa shape index (κ3) is 6.24. The molecule has 0 N–H and O–H groups in total. The van der Waals surface area contributed by atoms with Gasteiger partial charge in [-0.05, 0) is 121 Å². The number of hydrogen-bond donors (Lipinski definition) is 0. The van der Waals surface area contributed by atoms with E-state index in [9.17, 15) is 0 Å². The SMILES string of the molecule is Cc1cc(-c2nc(-c3ccc(-c4cccc5ccccc45)c(C)c3)nc(-c3ccc(-c4cccc5ccccc45)c(C)c3)n2)ccc1-c1cccc2ccccc12. The predicted octanol–water partition coefficient (Wildman–Crippen LogP) is 14.3. The maximum atomic E-state index is 5.19. The summed E-state index contributed by atoms with van der Waals surface area (Å²) in [5.74, 6) is 1.94. The summed E-state index contributed by atoms with van der Waals surface area (Å²) in [6, 6.07) is 65.0. The van der Waals surface area contributed by atoms with Crippen molar-refractivity contribution in [2.24, 2.45) is 0 Å². The minimum Gasteiger partial charge on any atom is -0.208 e. The van der Waals surface area contributed by atoms with E-state index in [4.69, 9.17) is 15.0 Å². The molecule has 0 radical (unpaired) electrons. The first kappa shape index (κ1) is 34.3. The van der Waals surface area contributed by atoms with E-state index in [1.807, 2.05) is 0 Å². The summed E-state index contributed by atoms with van der Waals surface area (Å²) in [7, 11) is 0. The van der Waals surface area contributed by atoms with Gasteiger partial charge in [-0.15, -0.1) is 0 Å². The average Bonchev–Trinajstić information content (AvgIpc) is 3.26. The highest BCUT2D eigenvalue weighted by Gasteiger charge is 2.17. The number of benzene rings is 9. The van der Waals surface area contributed by atoms with Crippen LogP contribution >= 0.6 is 0 Å². The quantitative estimate of drug-likeness (QED) is 0.171. The summed E-state index contributed by atoms with van der Waals surface area (Å²) in [5.41, 5.74) is 13.6. The molecule has 9 aromatic carbocycles. The fraction of sp³-hybridized carbons (Fsp3) is 0.0556. The Hall–Kier alpha value is -7.23. The van der Waals surface area contributed by atoms with Gasteiger partial charge in [0.05, 0.1) is 0 Å². The Balaban J connectivity index is 1.10. The fourth-order valence-corrected chi connectivity index (χ4v) is 8.46. The van der Waals surface area contributed by atoms with Crippen molar-refractivity contribution < 1.29 is 0 Å². The van der Waals surface area contributed by atoms with Crippen LogP contribution in [-0.4, -0.2) is 15.0 Å². The molecule has 3 nitrogen and oxygen atoms in total. The predicted molar refractivity (Wildman–Crippen MR) is 239 cm³/mol. The van der Waals surface area contributed by atoms with Gasteiger partial charge in [0.1, 0.15) is 0 Å². The van der Waals surface area contributed by atoms with Crippen molar-refractivity contribution in [2.75, 3.05) is 0 Å². The number of nitrogens with zero attached hydrogens (tertiary/aromatic N) is 3. The molecular formula is C54H39N3. The summed E-state index contributed by atoms with van der Waals surface area (Å²) >= 11 is 0. The highest BCUT2D eigenvalue weighted by Crippen LogP contribution is 2.37. The van der Waals surface area contributed by atoms with Crippen LogP contribution in [0.5, 0.6) is 0 Å². The van der Waals surface area contributed by atoms with Crippen molar-refractivity contribution >= 4 is 32.3 Å². The Bertz CT molecular complexity index is 2810. The topological polar surface area (TPSA) is 38.7 Å². The molecule has 0 saturated heterocycles. The van der Waals surface area contributed by atoms with E-state index >= 15 is 0 Å². The Kier molecular flexibility index (Phi) is 8.49. The summed E-state index contributed by atoms with van der Waals surface area (Å²) in [5, 5.41) is 7.41. The number of aryl methyl sites for hydroxylation is 3. The van der Waals surface area contributed by atoms with Crippen LogP contribution in [0.4, 0.5) is 0 Å². The van der Waals surface area contributed by atoms with Crippen LogP contribution in [0.3, 0.4) is 0 Å². The number of fused-ring (bicyclic) bond motifs is 3. The van der Waals surface area contributed by atoms with E-state index in [1.54, 1.807) is 0 Å². The monoisotopic (exact) mass is 729 g/mol. The van der Waals surface area contributed by atoms with Crippen LogP contribution in [0.1, 0.15) is 16.7 Å². The van der Waals surface area contributed by atoms with Crippen LogP contribution < -0.4 is 0 Å². The summed E-state index contributed by atoms with van der Waals surface area (Å²) in [4.78, 5) is 15.6. The third-order valence-corrected chi connectivity index (χ3v) is 11.3. The summed E-state index contributed by atoms with van der Waals surface area (Å²) in [6.07, 6.45) is 0. The minimum absolute atomic E-state index is 0.647. The van der Waals surface area contributed by atoms with Crippen molar-refractivity contribution in [3.8, 4) is 67.5 Å². The van der Waals surface area contributed by atoms with E-state index in [0.29, 0.717) is 17.5 Å². The van der Waals surface area contributed by atoms with Gasteiger partial charge < -0.3 is 0 Å². The molecule has 57 heavy (non-hydrogen) atoms. The molecular weight excluding hydrogens is 691 g/mol. The van der Waals surface area contributed by atoms with Crippen molar-refractivity contribution in [3.05, 3.63) is 199 Å². The highest BCUT2D eigenvalue weighted by atomic mass is 15.0. The molecule has 0 bridgehead atoms. The van der Waals surface area contributed by atoms with E-state index in [2.05, 4.69) is 203 Å². The van der Waals surface area contributed by atoms with Crippen LogP contribution in [0.15, 0.2) is 182 Å². The first-order chi connectivity index (χ1) is 28.0. The smallest absolute Gasteiger partial charge is 0.164 e. The maximum Gasteiger partial charge on any atom is 0.164 e. The third-order valence-electron chi connectivity index (χ3n) is 11.3. The molecule has 3 heteroatoms. The van der Waals surface area contributed by atoms with Crippen LogP contribution in [0.25, 0.3) is 99.9 Å². The van der Waals surface area contributed by atoms with Gasteiger partial charge in [-0.25, -0.2) is 15.0 Å². The zero-order valence-electron chi connectivity index (χ0n) is 32.2. The molecule has 10 aromatic rings. The standard InChI is InChI=1S/C54H39N3/c1-34-31-40(25-28-43(34)49-22-10-16-37-13-4-7-19-46(37)49)52-55-53(41-26-29-44(35(2)32-41)50-23-11-17-38-14-5-8-20-47(38)50)57-54(56-52)42-27-30-45(36(3)33-42)51-24-12-18-39-15-6-9-21-48(39)51/h4-33H,1-3H3. The van der Waals surface area contributed by atoms with E-state index < -0.39 is 0 Å². The van der Waals surface area contributed by atoms with Gasteiger partial charge in [0.25, 0.3) is 0 Å². The molecule has 0 fully saturated rings. The molecule has 0 amide bonds. The van der Waals surface area contributed by atoms with Crippen LogP contribution in [0, 0.1) is 20.8 Å². The molecule has 0 aliphatic heterocycles. The number of rotatable bonds is 6. The molecule has 0 aliphatic carbocycles. The second-order valence-electron chi connectivity index (χ2n) is 15.0. The van der Waals surface area contributed by atoms with Crippen molar-refractivity contribution in [2.45, 2.75) is 20.8 Å². The lowest BCUT2D eigenvalue weighted by atomic mass is 9.93. The van der Waals surface area contributed by atoms with Crippen LogP contribution in [-0.2, 0) is 0 Å². The van der Waals surface area contributed by atoms with Gasteiger partial charge in [0, 0.05) is 16.7 Å². The normalized spacial score (nSPS) is 11.4. The highest BCUT2D eigenvalue weighted by molar-refractivity contribution is 5.99. The first-order valence-electron chi connectivity index (χ1n) is 19.5. The lowest BCUT2D eigenvalue weighted by Gasteiger charge is -2.14. The van der Waals surface area contributed by atoms with E-state index in [0.717, 1.165) is 33.4 Å². The lowest BCUT2D eigenvalue weighted by Crippen LogP contribution is -2.01. The molecule has 0 atom stereocenters. The van der Waals surface area contributed by atoms with E-state index in [-0.39, 0.29) is 0 Å². The van der Waals surface area contributed by atoms with Gasteiger partial charge in [0.2, 0.25) is 0 Å². The van der Waals surface area contributed by atoms with Gasteiger partial charge in [-0.3, -0.25) is 0 Å². The summed E-state index contributed by atoms with van der Waals surface area (Å²) < 4.78 is 0. The Morgan fingerprint density at radius 2 is 0.544 bits per heavy atom. The van der Waals surface area contributed by atoms with Gasteiger partial charge in [0.15, 0.2) is 17.5 Å². The van der Waals surface area contributed by atoms with Gasteiger partial charge in [-0.1, -0.05) is 164 Å². The van der Waals surface area contributed by atoms with Crippen molar-refractivity contribution in [1.29, 1.82) is 0 Å². The average molecular weight is 730 g/mol. The largest absolute Gasteiger partial charge is 0.208 e. The zero-order chi connectivity index (χ0) is 38.5. The second-order valence-corrected chi connectivity index (χ2v) is 15.0. The Morgan fingerprint density at radius 3 is 0.842 bits per heavy atom. The molecule has 0 saturated carbocycles. The molecule has 270 valence electrons. The lowest BCUT2D eigenvalue weighted by molar-refractivity contribution is 1.07. The number of hydrogen-bond acceptors (Lipinski definition) is 3. The van der Waals surface area contributed by atoms with Crippen molar-refractivity contribution in [3.63, 3.8) is 0 Å². The van der Waals surface area contributed by atoms with Gasteiger partial charge >= 0.3 is 0 Å². The molecule has 1 heterocycles. The maximum absolute atomic E-state index is 5.19. The number of aromatic nitrogens is 3. The zero-order valence-corrected chi connectivity index (χ0v) is 32.2. The van der Waals surface area contributed by atoms with Crippen molar-refractivity contribution in [1.82, 2.24) is 15.0 Å². The molecule has 1 aromatic heterocycles. The van der Waals surface area contributed by atoms with E-state index in [1.165, 1.54) is 65.7 Å². The molecule has 0 unspecified atom stereocenters.